The van der Waals surface area contributed by atoms with Gasteiger partial charge in [0.05, 0.1) is 11.0 Å². The quantitative estimate of drug-likeness (QED) is 0.376. The van der Waals surface area contributed by atoms with Crippen LogP contribution < -0.4 is 4.90 Å². The first-order valence-electron chi connectivity index (χ1n) is 13.8. The Kier molecular flexibility index (Phi) is 8.86. The molecule has 1 amide bonds. The Morgan fingerprint density at radius 1 is 0.907 bits per heavy atom. The van der Waals surface area contributed by atoms with E-state index < -0.39 is 53.2 Å². The number of hydrogen-bond donors (Lipinski definition) is 1. The van der Waals surface area contributed by atoms with Crippen molar-refractivity contribution in [2.45, 2.75) is 82.2 Å². The molecular weight excluding hydrogens is 601 g/mol. The summed E-state index contributed by atoms with van der Waals surface area (Å²) in [6, 6.07) is 3.33. The van der Waals surface area contributed by atoms with Crippen molar-refractivity contribution in [2.75, 3.05) is 37.6 Å². The monoisotopic (exact) mass is 633 g/mol. The molecule has 7 nitrogen and oxygen atoms in total. The molecule has 3 aliphatic rings. The number of amides is 1. The summed E-state index contributed by atoms with van der Waals surface area (Å²) in [5.41, 5.74) is -1.83. The second-order valence-electron chi connectivity index (χ2n) is 11.8. The van der Waals surface area contributed by atoms with Crippen molar-refractivity contribution in [3.05, 3.63) is 29.3 Å². The van der Waals surface area contributed by atoms with Crippen molar-refractivity contribution >= 4 is 17.7 Å². The highest BCUT2D eigenvalue weighted by Crippen LogP contribution is 2.43. The maximum absolute atomic E-state index is 13.7. The number of ether oxygens (including phenoxy) is 1. The van der Waals surface area contributed by atoms with E-state index in [9.17, 15) is 54.2 Å². The first-order chi connectivity index (χ1) is 19.8. The van der Waals surface area contributed by atoms with Crippen LogP contribution in [0.2, 0.25) is 0 Å². The second-order valence-corrected chi connectivity index (χ2v) is 11.8. The molecule has 3 saturated heterocycles. The lowest BCUT2D eigenvalue weighted by Crippen LogP contribution is -2.54. The normalized spacial score (nSPS) is 23.7. The number of likely N-dealkylation sites (tertiary alicyclic amines) is 2. The van der Waals surface area contributed by atoms with Crippen LogP contribution in [0.5, 0.6) is 0 Å². The van der Waals surface area contributed by atoms with E-state index in [-0.39, 0.29) is 44.7 Å². The lowest BCUT2D eigenvalue weighted by molar-refractivity contribution is -0.308. The Morgan fingerprint density at radius 3 is 2.07 bits per heavy atom. The summed E-state index contributed by atoms with van der Waals surface area (Å²) in [6.07, 6.45) is -19.7. The van der Waals surface area contributed by atoms with Crippen LogP contribution in [0.25, 0.3) is 0 Å². The Hall–Kier alpha value is -2.91. The molecule has 16 heteroatoms. The molecule has 43 heavy (non-hydrogen) atoms. The molecule has 1 spiro atoms. The van der Waals surface area contributed by atoms with Crippen LogP contribution in [0.3, 0.4) is 0 Å². The topological polar surface area (TPSA) is 73.3 Å². The molecule has 242 valence electrons. The van der Waals surface area contributed by atoms with E-state index in [1.165, 1.54) is 6.07 Å². The predicted molar refractivity (Wildman–Crippen MR) is 134 cm³/mol. The van der Waals surface area contributed by atoms with E-state index >= 15 is 0 Å². The van der Waals surface area contributed by atoms with E-state index in [0.29, 0.717) is 44.3 Å². The summed E-state index contributed by atoms with van der Waals surface area (Å²) < 4.78 is 122. The molecular formula is C27H32F9N3O4. The van der Waals surface area contributed by atoms with Gasteiger partial charge in [0.25, 0.3) is 6.10 Å². The molecule has 4 rings (SSSR count). The highest BCUT2D eigenvalue weighted by atomic mass is 19.4. The van der Waals surface area contributed by atoms with Gasteiger partial charge < -0.3 is 19.6 Å². The number of halogens is 9. The summed E-state index contributed by atoms with van der Waals surface area (Å²) in [4.78, 5) is 28.7. The summed E-state index contributed by atoms with van der Waals surface area (Å²) in [5, 5.41) is 9.74. The van der Waals surface area contributed by atoms with Gasteiger partial charge in [-0.05, 0) is 69.7 Å². The Balaban J connectivity index is 1.52. The number of anilines is 1. The lowest BCUT2D eigenvalue weighted by atomic mass is 9.81. The van der Waals surface area contributed by atoms with Crippen LogP contribution in [-0.2, 0) is 22.3 Å². The Bertz CT molecular complexity index is 1180. The first kappa shape index (κ1) is 33.0. The number of carboxylic acids is 1. The molecule has 1 aromatic carbocycles. The Morgan fingerprint density at radius 2 is 1.51 bits per heavy atom. The van der Waals surface area contributed by atoms with Gasteiger partial charge in [-0.1, -0.05) is 6.07 Å². The number of rotatable bonds is 5. The summed E-state index contributed by atoms with van der Waals surface area (Å²) in [7, 11) is 0. The van der Waals surface area contributed by atoms with E-state index in [0.717, 1.165) is 17.0 Å². The van der Waals surface area contributed by atoms with Crippen molar-refractivity contribution in [3.8, 4) is 0 Å². The van der Waals surface area contributed by atoms with Gasteiger partial charge >= 0.3 is 30.6 Å². The van der Waals surface area contributed by atoms with Gasteiger partial charge in [0.15, 0.2) is 0 Å². The summed E-state index contributed by atoms with van der Waals surface area (Å²) in [5.74, 6) is -1.05. The highest BCUT2D eigenvalue weighted by molar-refractivity contribution is 5.76. The van der Waals surface area contributed by atoms with Crippen LogP contribution in [0.1, 0.15) is 56.6 Å². The largest absolute Gasteiger partial charge is 0.481 e. The summed E-state index contributed by atoms with van der Waals surface area (Å²) >= 11 is 0. The average molecular weight is 634 g/mol. The fraction of sp³-hybridized carbons (Fsp3) is 0.704. The van der Waals surface area contributed by atoms with E-state index in [1.54, 1.807) is 11.8 Å². The fourth-order valence-electron chi connectivity index (χ4n) is 6.40. The number of nitrogens with zero attached hydrogens (tertiary/aromatic N) is 3. The minimum Gasteiger partial charge on any atom is -0.481 e. The van der Waals surface area contributed by atoms with Crippen molar-refractivity contribution in [1.82, 2.24) is 9.80 Å². The first-order valence-corrected chi connectivity index (χ1v) is 13.8. The zero-order valence-electron chi connectivity index (χ0n) is 23.2. The highest BCUT2D eigenvalue weighted by Gasteiger charge is 2.60. The molecule has 3 fully saturated rings. The number of hydrogen-bond acceptors (Lipinski definition) is 5. The van der Waals surface area contributed by atoms with Crippen LogP contribution in [0, 0.1) is 5.41 Å². The SMILES string of the molecule is CC1(C(=O)O)CCCN(c2cc(C(F)(F)F)ccc2CN2CCCC23CCN(C(=O)OC(C(F)(F)F)C(F)(F)F)CC3)C1. The molecule has 0 radical (unpaired) electrons. The van der Waals surface area contributed by atoms with Crippen molar-refractivity contribution < 1.29 is 58.9 Å². The molecule has 1 aromatic rings. The number of piperidine rings is 2. The second kappa shape index (κ2) is 11.5. The van der Waals surface area contributed by atoms with Crippen LogP contribution in [-0.4, -0.2) is 83.7 Å². The predicted octanol–water partition coefficient (Wildman–Crippen LogP) is 6.46. The van der Waals surface area contributed by atoms with Crippen molar-refractivity contribution in [3.63, 3.8) is 0 Å². The van der Waals surface area contributed by atoms with Gasteiger partial charge in [0.2, 0.25) is 0 Å². The zero-order chi connectivity index (χ0) is 32.0. The fourth-order valence-corrected chi connectivity index (χ4v) is 6.40. The Labute approximate surface area is 241 Å². The van der Waals surface area contributed by atoms with Crippen molar-refractivity contribution in [1.29, 1.82) is 0 Å². The molecule has 0 aliphatic carbocycles. The number of carbonyl (C=O) groups is 2. The van der Waals surface area contributed by atoms with Crippen LogP contribution >= 0.6 is 0 Å². The van der Waals surface area contributed by atoms with Gasteiger partial charge in [0, 0.05) is 44.0 Å². The molecule has 3 aliphatic heterocycles. The van der Waals surface area contributed by atoms with E-state index in [2.05, 4.69) is 4.74 Å². The minimum atomic E-state index is -5.83. The van der Waals surface area contributed by atoms with E-state index in [1.807, 2.05) is 4.90 Å². The smallest absolute Gasteiger partial charge is 0.434 e. The third-order valence-corrected chi connectivity index (χ3v) is 8.83. The molecule has 1 N–H and O–H groups in total. The van der Waals surface area contributed by atoms with E-state index in [4.69, 9.17) is 0 Å². The van der Waals surface area contributed by atoms with Crippen molar-refractivity contribution in [2.24, 2.45) is 5.41 Å². The molecule has 1 atom stereocenters. The standard InChI is InChI=1S/C27H32F9N3O4/c1-23(21(40)41)6-2-10-38(16-23)19-14-18(25(28,29)30)5-4-17(19)15-39-11-3-7-24(39)8-12-37(13-9-24)22(42)43-20(26(31,32)33)27(34,35)36/h4-5,14,20H,2-3,6-13,15-16H2,1H3,(H,40,41). The number of carbonyl (C=O) groups excluding carboxylic acids is 1. The average Bonchev–Trinajstić information content (AvgIpc) is 3.26. The lowest BCUT2D eigenvalue weighted by Gasteiger charge is -2.45. The minimum absolute atomic E-state index is 0.00963. The van der Waals surface area contributed by atoms with Crippen LogP contribution in [0.15, 0.2) is 18.2 Å². The number of aliphatic carboxylic acids is 1. The maximum atomic E-state index is 13.7. The summed E-state index contributed by atoms with van der Waals surface area (Å²) in [6.45, 7) is 2.30. The van der Waals surface area contributed by atoms with Gasteiger partial charge in [-0.25, -0.2) is 4.79 Å². The molecule has 3 heterocycles. The number of carboxylic acid groups (broad SMARTS) is 1. The number of benzene rings is 1. The third kappa shape index (κ3) is 7.09. The van der Waals surface area contributed by atoms with Gasteiger partial charge in [0.1, 0.15) is 0 Å². The number of alkyl halides is 9. The van der Waals surface area contributed by atoms with Crippen LogP contribution in [0.4, 0.5) is 50.0 Å². The molecule has 0 aromatic heterocycles. The van der Waals surface area contributed by atoms with Gasteiger partial charge in [-0.2, -0.15) is 39.5 Å². The van der Waals surface area contributed by atoms with Gasteiger partial charge in [-0.3, -0.25) is 9.69 Å². The zero-order valence-corrected chi connectivity index (χ0v) is 23.2. The molecule has 0 bridgehead atoms. The molecule has 1 unspecified atom stereocenters. The maximum Gasteiger partial charge on any atom is 0.434 e. The third-order valence-electron chi connectivity index (χ3n) is 8.83. The van der Waals surface area contributed by atoms with Gasteiger partial charge in [-0.15, -0.1) is 0 Å². The molecule has 0 saturated carbocycles.